The predicted octanol–water partition coefficient (Wildman–Crippen LogP) is 2.34. The van der Waals surface area contributed by atoms with Crippen LogP contribution in [0.25, 0.3) is 0 Å². The number of carbonyl (C=O) groups excluding carboxylic acids is 1. The average Bonchev–Trinajstić information content (AvgIpc) is 3.19. The summed E-state index contributed by atoms with van der Waals surface area (Å²) < 4.78 is 5.58. The summed E-state index contributed by atoms with van der Waals surface area (Å²) in [6.07, 6.45) is 8.80. The van der Waals surface area contributed by atoms with Crippen LogP contribution in [-0.4, -0.2) is 36.2 Å². The highest BCUT2D eigenvalue weighted by Gasteiger charge is 2.19. The highest BCUT2D eigenvalue weighted by molar-refractivity contribution is 5.93. The molecule has 1 amide bonds. The van der Waals surface area contributed by atoms with Gasteiger partial charge in [0.2, 0.25) is 0 Å². The Labute approximate surface area is 125 Å². The number of rotatable bonds is 5. The van der Waals surface area contributed by atoms with Crippen LogP contribution in [0.4, 0.5) is 5.69 Å². The summed E-state index contributed by atoms with van der Waals surface area (Å²) in [5.41, 5.74) is 1.41. The van der Waals surface area contributed by atoms with E-state index in [0.29, 0.717) is 11.7 Å². The van der Waals surface area contributed by atoms with Gasteiger partial charge in [-0.15, -0.1) is 0 Å². The van der Waals surface area contributed by atoms with E-state index in [1.54, 1.807) is 6.20 Å². The average molecular weight is 289 g/mol. The lowest BCUT2D eigenvalue weighted by Crippen LogP contribution is -2.33. The second-order valence-electron chi connectivity index (χ2n) is 5.90. The van der Waals surface area contributed by atoms with Crippen LogP contribution in [0.3, 0.4) is 0 Å². The van der Waals surface area contributed by atoms with Gasteiger partial charge in [-0.05, 0) is 37.8 Å². The highest BCUT2D eigenvalue weighted by Crippen LogP contribution is 2.18. The van der Waals surface area contributed by atoms with Crippen molar-refractivity contribution in [2.45, 2.75) is 50.7 Å². The molecule has 2 N–H and O–H groups in total. The molecule has 3 rings (SSSR count). The maximum atomic E-state index is 12.2. The maximum Gasteiger partial charge on any atom is 0.270 e. The van der Waals surface area contributed by atoms with Crippen molar-refractivity contribution in [3.8, 4) is 0 Å². The molecule has 0 radical (unpaired) electrons. The summed E-state index contributed by atoms with van der Waals surface area (Å²) in [5, 5.41) is 6.40. The quantitative estimate of drug-likeness (QED) is 0.873. The minimum absolute atomic E-state index is 0.0670. The van der Waals surface area contributed by atoms with E-state index in [0.717, 1.165) is 44.5 Å². The molecule has 0 aromatic carbocycles. The van der Waals surface area contributed by atoms with Crippen LogP contribution >= 0.6 is 0 Å². The molecule has 1 saturated carbocycles. The van der Waals surface area contributed by atoms with E-state index in [2.05, 4.69) is 15.6 Å². The van der Waals surface area contributed by atoms with Gasteiger partial charge in [0.1, 0.15) is 5.69 Å². The van der Waals surface area contributed by atoms with Crippen molar-refractivity contribution < 1.29 is 9.53 Å². The molecule has 114 valence electrons. The summed E-state index contributed by atoms with van der Waals surface area (Å²) in [6.45, 7) is 1.64. The van der Waals surface area contributed by atoms with E-state index in [1.165, 1.54) is 12.8 Å². The Bertz CT molecular complexity index is 480. The number of anilines is 1. The Balaban J connectivity index is 1.55. The third kappa shape index (κ3) is 3.94. The Kier molecular flexibility index (Phi) is 4.70. The van der Waals surface area contributed by atoms with Crippen LogP contribution in [0.2, 0.25) is 0 Å². The van der Waals surface area contributed by atoms with E-state index in [-0.39, 0.29) is 12.0 Å². The van der Waals surface area contributed by atoms with Gasteiger partial charge in [-0.1, -0.05) is 12.8 Å². The molecule has 5 nitrogen and oxygen atoms in total. The highest BCUT2D eigenvalue weighted by atomic mass is 16.5. The van der Waals surface area contributed by atoms with Crippen molar-refractivity contribution in [1.29, 1.82) is 0 Å². The Morgan fingerprint density at radius 1 is 1.29 bits per heavy atom. The van der Waals surface area contributed by atoms with E-state index >= 15 is 0 Å². The third-order valence-electron chi connectivity index (χ3n) is 4.24. The maximum absolute atomic E-state index is 12.2. The minimum Gasteiger partial charge on any atom is -0.382 e. The monoisotopic (exact) mass is 289 g/mol. The lowest BCUT2D eigenvalue weighted by Gasteiger charge is -2.14. The second-order valence-corrected chi connectivity index (χ2v) is 5.90. The second kappa shape index (κ2) is 6.89. The first-order chi connectivity index (χ1) is 10.3. The van der Waals surface area contributed by atoms with Gasteiger partial charge in [0.15, 0.2) is 0 Å². The van der Waals surface area contributed by atoms with E-state index in [1.807, 2.05) is 12.1 Å². The Morgan fingerprint density at radius 2 is 2.14 bits per heavy atom. The molecule has 1 saturated heterocycles. The van der Waals surface area contributed by atoms with E-state index < -0.39 is 0 Å². The first-order valence-electron chi connectivity index (χ1n) is 7.93. The van der Waals surface area contributed by atoms with Gasteiger partial charge in [-0.3, -0.25) is 9.78 Å². The molecular formula is C16H23N3O2. The summed E-state index contributed by atoms with van der Waals surface area (Å²) in [4.78, 5) is 16.4. The van der Waals surface area contributed by atoms with Gasteiger partial charge in [-0.25, -0.2) is 0 Å². The number of nitrogens with zero attached hydrogens (tertiary/aromatic N) is 1. The zero-order valence-corrected chi connectivity index (χ0v) is 12.3. The van der Waals surface area contributed by atoms with Gasteiger partial charge in [-0.2, -0.15) is 0 Å². The van der Waals surface area contributed by atoms with Crippen LogP contribution in [0, 0.1) is 0 Å². The Hall–Kier alpha value is -1.62. The number of ether oxygens (including phenoxy) is 1. The number of aromatic nitrogens is 1. The third-order valence-corrected chi connectivity index (χ3v) is 4.24. The van der Waals surface area contributed by atoms with Crippen molar-refractivity contribution in [3.05, 3.63) is 24.0 Å². The van der Waals surface area contributed by atoms with Crippen molar-refractivity contribution >= 4 is 11.6 Å². The van der Waals surface area contributed by atoms with Gasteiger partial charge in [0.25, 0.3) is 5.91 Å². The van der Waals surface area contributed by atoms with Crippen LogP contribution < -0.4 is 10.6 Å². The largest absolute Gasteiger partial charge is 0.382 e. The molecule has 2 aliphatic rings. The smallest absolute Gasteiger partial charge is 0.270 e. The molecule has 1 aliphatic carbocycles. The predicted molar refractivity (Wildman–Crippen MR) is 81.4 cm³/mol. The zero-order chi connectivity index (χ0) is 14.5. The topological polar surface area (TPSA) is 63.2 Å². The van der Waals surface area contributed by atoms with Crippen molar-refractivity contribution in [2.24, 2.45) is 0 Å². The van der Waals surface area contributed by atoms with E-state index in [9.17, 15) is 4.79 Å². The number of pyridine rings is 1. The van der Waals surface area contributed by atoms with Crippen LogP contribution in [0.5, 0.6) is 0 Å². The van der Waals surface area contributed by atoms with Crippen molar-refractivity contribution in [1.82, 2.24) is 10.3 Å². The van der Waals surface area contributed by atoms with Crippen molar-refractivity contribution in [3.63, 3.8) is 0 Å². The van der Waals surface area contributed by atoms with Gasteiger partial charge in [0, 0.05) is 31.1 Å². The van der Waals surface area contributed by atoms with Gasteiger partial charge in [0.05, 0.1) is 6.10 Å². The van der Waals surface area contributed by atoms with Gasteiger partial charge >= 0.3 is 0 Å². The molecule has 1 aromatic rings. The number of hydrogen-bond donors (Lipinski definition) is 2. The lowest BCUT2D eigenvalue weighted by molar-refractivity contribution is 0.0933. The normalized spacial score (nSPS) is 22.4. The molecule has 1 unspecified atom stereocenters. The molecule has 2 heterocycles. The van der Waals surface area contributed by atoms with Crippen LogP contribution in [0.1, 0.15) is 49.0 Å². The Morgan fingerprint density at radius 3 is 2.90 bits per heavy atom. The zero-order valence-electron chi connectivity index (χ0n) is 12.3. The van der Waals surface area contributed by atoms with Crippen molar-refractivity contribution in [2.75, 3.05) is 18.5 Å². The summed E-state index contributed by atoms with van der Waals surface area (Å²) in [7, 11) is 0. The number of carbonyl (C=O) groups is 1. The molecule has 1 aliphatic heterocycles. The van der Waals surface area contributed by atoms with Crippen LogP contribution in [-0.2, 0) is 4.74 Å². The molecule has 1 atom stereocenters. The summed E-state index contributed by atoms with van der Waals surface area (Å²) >= 11 is 0. The molecule has 0 spiro atoms. The number of amides is 1. The molecule has 2 fully saturated rings. The molecule has 0 bridgehead atoms. The van der Waals surface area contributed by atoms with Crippen LogP contribution in [0.15, 0.2) is 18.3 Å². The molecular weight excluding hydrogens is 266 g/mol. The van der Waals surface area contributed by atoms with Gasteiger partial charge < -0.3 is 15.4 Å². The fourth-order valence-corrected chi connectivity index (χ4v) is 3.03. The molecule has 21 heavy (non-hydrogen) atoms. The fourth-order valence-electron chi connectivity index (χ4n) is 3.03. The standard InChI is InChI=1S/C16H23N3O2/c20-16(19-12-4-1-2-5-12)15-10-13(7-8-17-15)18-11-14-6-3-9-21-14/h7-8,10,12,14H,1-6,9,11H2,(H,17,18)(H,19,20). The number of hydrogen-bond acceptors (Lipinski definition) is 4. The summed E-state index contributed by atoms with van der Waals surface area (Å²) in [6, 6.07) is 4.03. The molecule has 1 aromatic heterocycles. The lowest BCUT2D eigenvalue weighted by atomic mass is 10.2. The first kappa shape index (κ1) is 14.3. The fraction of sp³-hybridized carbons (Fsp3) is 0.625. The first-order valence-corrected chi connectivity index (χ1v) is 7.93. The number of nitrogens with one attached hydrogen (secondary N) is 2. The molecule has 5 heteroatoms. The van der Waals surface area contributed by atoms with E-state index in [4.69, 9.17) is 4.74 Å². The SMILES string of the molecule is O=C(NC1CCCC1)c1cc(NCC2CCCO2)ccn1. The minimum atomic E-state index is -0.0670. The summed E-state index contributed by atoms with van der Waals surface area (Å²) in [5.74, 6) is -0.0670.